The zero-order chi connectivity index (χ0) is 21.3. The van der Waals surface area contributed by atoms with Gasteiger partial charge in [0.1, 0.15) is 12.2 Å². The summed E-state index contributed by atoms with van der Waals surface area (Å²) in [5.74, 6) is 2.20. The van der Waals surface area contributed by atoms with E-state index in [0.717, 1.165) is 13.2 Å². The van der Waals surface area contributed by atoms with E-state index in [1.165, 1.54) is 34.5 Å². The number of para-hydroxylation sites is 2. The molecule has 2 aromatic carbocycles. The van der Waals surface area contributed by atoms with Crippen LogP contribution in [-0.2, 0) is 18.6 Å². The molecule has 0 aromatic heterocycles. The maximum atomic E-state index is 2.67. The first-order valence-electron chi connectivity index (χ1n) is 11.6. The van der Waals surface area contributed by atoms with Crippen molar-refractivity contribution in [2.24, 2.45) is 0 Å². The van der Waals surface area contributed by atoms with E-state index in [9.17, 15) is 0 Å². The first-order valence-corrected chi connectivity index (χ1v) is 11.6. The molecule has 0 spiro atoms. The van der Waals surface area contributed by atoms with Gasteiger partial charge in [0, 0.05) is 16.8 Å². The average molecular weight is 515 g/mol. The Morgan fingerprint density at radius 3 is 1.41 bits per heavy atom. The fourth-order valence-corrected chi connectivity index (χ4v) is 4.89. The summed E-state index contributed by atoms with van der Waals surface area (Å²) in [5, 5.41) is 0. The molecule has 0 aliphatic carbocycles. The monoisotopic (exact) mass is 514 g/mol. The number of halogens is 2. The Morgan fingerprint density at radius 2 is 1.03 bits per heavy atom. The Labute approximate surface area is 221 Å². The molecular formula is C27H41Cl2N2V. The zero-order valence-corrected chi connectivity index (χ0v) is 24.0. The van der Waals surface area contributed by atoms with Crippen molar-refractivity contribution in [3.63, 3.8) is 0 Å². The summed E-state index contributed by atoms with van der Waals surface area (Å²) in [6.45, 7) is 22.0. The minimum atomic E-state index is 0. The van der Waals surface area contributed by atoms with Gasteiger partial charge >= 0.3 is 18.6 Å². The number of rotatable bonds is 6. The second kappa shape index (κ2) is 13.3. The molecule has 1 saturated heterocycles. The van der Waals surface area contributed by atoms with Crippen LogP contribution < -0.4 is 34.6 Å². The fraction of sp³-hybridized carbons (Fsp3) is 0.556. The molecule has 2 aromatic rings. The Bertz CT molecular complexity index is 728. The van der Waals surface area contributed by atoms with Crippen LogP contribution in [0.1, 0.15) is 101 Å². The molecule has 0 radical (unpaired) electrons. The maximum Gasteiger partial charge on any atom is 1.00 e. The Kier molecular flexibility index (Phi) is 13.0. The van der Waals surface area contributed by atoms with Gasteiger partial charge in [-0.1, -0.05) is 91.8 Å². The molecule has 3 rings (SSSR count). The van der Waals surface area contributed by atoms with Crippen LogP contribution in [0.15, 0.2) is 36.4 Å². The summed E-state index contributed by atoms with van der Waals surface area (Å²) in [6.07, 6.45) is 0. The third-order valence-electron chi connectivity index (χ3n) is 6.45. The van der Waals surface area contributed by atoms with E-state index in [2.05, 4.69) is 96.7 Å². The van der Waals surface area contributed by atoms with Crippen LogP contribution in [0.25, 0.3) is 0 Å². The van der Waals surface area contributed by atoms with Crippen LogP contribution in [0.2, 0.25) is 0 Å². The number of hydrogen-bond donors (Lipinski definition) is 1. The summed E-state index contributed by atoms with van der Waals surface area (Å²) in [4.78, 5) is 4.30. The van der Waals surface area contributed by atoms with E-state index in [4.69, 9.17) is 0 Å². The molecule has 1 unspecified atom stereocenters. The summed E-state index contributed by atoms with van der Waals surface area (Å²) in [5.41, 5.74) is 9.11. The number of benzene rings is 2. The molecule has 178 valence electrons. The van der Waals surface area contributed by atoms with Gasteiger partial charge in [-0.05, 0) is 34.8 Å². The van der Waals surface area contributed by atoms with Crippen LogP contribution in [0.4, 0.5) is 11.4 Å². The quantitative estimate of drug-likeness (QED) is 0.577. The second-order valence-electron chi connectivity index (χ2n) is 9.99. The van der Waals surface area contributed by atoms with Gasteiger partial charge in [-0.3, -0.25) is 4.90 Å². The zero-order valence-electron chi connectivity index (χ0n) is 21.0. The van der Waals surface area contributed by atoms with Crippen LogP contribution in [0, 0.1) is 0 Å². The summed E-state index contributed by atoms with van der Waals surface area (Å²) >= 11 is 0. The molecule has 0 saturated carbocycles. The summed E-state index contributed by atoms with van der Waals surface area (Å²) < 4.78 is 0. The molecule has 32 heavy (non-hydrogen) atoms. The van der Waals surface area contributed by atoms with Crippen LogP contribution >= 0.6 is 0 Å². The molecule has 1 aliphatic heterocycles. The molecular weight excluding hydrogens is 474 g/mol. The first-order chi connectivity index (χ1) is 13.7. The number of nitrogens with one attached hydrogen (secondary N) is 1. The van der Waals surface area contributed by atoms with Crippen molar-refractivity contribution in [2.75, 3.05) is 24.7 Å². The van der Waals surface area contributed by atoms with E-state index in [0.29, 0.717) is 23.7 Å². The van der Waals surface area contributed by atoms with E-state index < -0.39 is 0 Å². The van der Waals surface area contributed by atoms with Gasteiger partial charge in [0.15, 0.2) is 6.67 Å². The number of hydrogen-bond acceptors (Lipinski definition) is 1. The van der Waals surface area contributed by atoms with Crippen molar-refractivity contribution >= 4 is 11.4 Å². The molecule has 1 atom stereocenters. The van der Waals surface area contributed by atoms with Crippen molar-refractivity contribution in [3.8, 4) is 0 Å². The first kappa shape index (κ1) is 31.4. The van der Waals surface area contributed by atoms with Crippen molar-refractivity contribution in [1.82, 2.24) is 0 Å². The Hall–Kier alpha value is -0.636. The minimum absolute atomic E-state index is 0. The van der Waals surface area contributed by atoms with Crippen LogP contribution in [0.5, 0.6) is 0 Å². The Balaban J connectivity index is 0.00000320. The van der Waals surface area contributed by atoms with E-state index in [1.54, 1.807) is 10.6 Å². The maximum absolute atomic E-state index is 2.67. The van der Waals surface area contributed by atoms with E-state index >= 15 is 0 Å². The van der Waals surface area contributed by atoms with Gasteiger partial charge in [-0.25, -0.2) is 0 Å². The van der Waals surface area contributed by atoms with Gasteiger partial charge < -0.3 is 29.7 Å². The molecule has 1 aliphatic rings. The van der Waals surface area contributed by atoms with Gasteiger partial charge in [0.2, 0.25) is 0 Å². The van der Waals surface area contributed by atoms with Crippen molar-refractivity contribution in [3.05, 3.63) is 58.7 Å². The molecule has 5 heteroatoms. The largest absolute Gasteiger partial charge is 1.00 e. The topological polar surface area (TPSA) is 7.68 Å². The molecule has 1 fully saturated rings. The average Bonchev–Trinajstić information content (AvgIpc) is 3.15. The van der Waals surface area contributed by atoms with Crippen LogP contribution in [0.3, 0.4) is 0 Å². The smallest absolute Gasteiger partial charge is 1.00 e. The van der Waals surface area contributed by atoms with Crippen molar-refractivity contribution in [2.45, 2.75) is 79.1 Å². The molecule has 1 N–H and O–H groups in total. The number of quaternary nitrogens is 1. The summed E-state index contributed by atoms with van der Waals surface area (Å²) in [6, 6.07) is 13.9. The van der Waals surface area contributed by atoms with Crippen molar-refractivity contribution < 1.29 is 48.3 Å². The van der Waals surface area contributed by atoms with E-state index in [-0.39, 0.29) is 43.4 Å². The standard InChI is InChI=1S/C27H40N2.2ClH.V/c1-18(2)22-11-9-12-23(19(3)4)26(22)28-15-16-29(17-28)27-24(20(5)6)13-10-14-25(27)21(7)8;;;/h9-14,18-21H,15-17H2,1-8H3;2*1H;/q;;;+1/p-1. The Morgan fingerprint density at radius 1 is 0.656 bits per heavy atom. The SMILES string of the molecule is CC(C)c1cccc(C(C)C)c1N1CC[NH+](c2c(C(C)C)cccc2C(C)C)C1.[Cl-].[Cl-].[V+]. The molecule has 1 heterocycles. The third kappa shape index (κ3) is 6.48. The normalized spacial score (nSPS) is 15.8. The van der Waals surface area contributed by atoms with Crippen molar-refractivity contribution in [1.29, 1.82) is 0 Å². The number of anilines is 1. The molecule has 0 amide bonds. The predicted octanol–water partition coefficient (Wildman–Crippen LogP) is 0.180. The van der Waals surface area contributed by atoms with Crippen LogP contribution in [-0.4, -0.2) is 19.8 Å². The second-order valence-corrected chi connectivity index (χ2v) is 9.99. The summed E-state index contributed by atoms with van der Waals surface area (Å²) in [7, 11) is 0. The third-order valence-corrected chi connectivity index (χ3v) is 6.45. The predicted molar refractivity (Wildman–Crippen MR) is 127 cm³/mol. The molecule has 2 nitrogen and oxygen atoms in total. The van der Waals surface area contributed by atoms with Gasteiger partial charge in [0.05, 0.1) is 6.54 Å². The number of nitrogens with zero attached hydrogens (tertiary/aromatic N) is 1. The fourth-order valence-electron chi connectivity index (χ4n) is 4.89. The van der Waals surface area contributed by atoms with Gasteiger partial charge in [0.25, 0.3) is 0 Å². The van der Waals surface area contributed by atoms with E-state index in [1.807, 2.05) is 0 Å². The molecule has 0 bridgehead atoms. The van der Waals surface area contributed by atoms with Gasteiger partial charge in [-0.15, -0.1) is 0 Å². The minimum Gasteiger partial charge on any atom is -1.00 e. The van der Waals surface area contributed by atoms with Gasteiger partial charge in [-0.2, -0.15) is 0 Å².